The van der Waals surface area contributed by atoms with E-state index in [0.717, 1.165) is 0 Å². The maximum Gasteiger partial charge on any atom is 0.0275 e. The van der Waals surface area contributed by atoms with Crippen LogP contribution in [0.2, 0.25) is 0 Å². The molecular formula is C3H3AlO6-3. The van der Waals surface area contributed by atoms with Crippen LogP contribution in [0.5, 0.6) is 0 Å². The van der Waals surface area contributed by atoms with Crippen LogP contribution in [0.25, 0.3) is 0 Å². The topological polar surface area (TPSA) is 120 Å². The standard InChI is InChI=1S/3CH2O2.Al/c3*2-1-3;/h3*1H,(H,2,3);/p-3. The highest BCUT2D eigenvalue weighted by atomic mass is 27.0. The van der Waals surface area contributed by atoms with Gasteiger partial charge in [-0.15, -0.1) is 0 Å². The molecule has 0 aromatic rings. The molecule has 0 amide bonds. The van der Waals surface area contributed by atoms with Crippen LogP contribution in [-0.4, -0.2) is 36.8 Å². The van der Waals surface area contributed by atoms with Gasteiger partial charge in [-0.1, -0.05) is 0 Å². The number of carboxylic acid groups (broad SMARTS) is 3. The highest BCUT2D eigenvalue weighted by molar-refractivity contribution is 5.75. The zero-order chi connectivity index (χ0) is 8.12. The lowest BCUT2D eigenvalue weighted by atomic mass is 11.7. The molecule has 0 atom stereocenters. The summed E-state index contributed by atoms with van der Waals surface area (Å²) >= 11 is 0. The molecule has 6 nitrogen and oxygen atoms in total. The Labute approximate surface area is 67.2 Å². The van der Waals surface area contributed by atoms with Gasteiger partial charge >= 0.3 is 0 Å². The molecule has 0 aliphatic heterocycles. The molecule has 0 unspecified atom stereocenters. The lowest BCUT2D eigenvalue weighted by Gasteiger charge is -1.52. The second kappa shape index (κ2) is 101. The Morgan fingerprint density at radius 2 is 0.700 bits per heavy atom. The van der Waals surface area contributed by atoms with Crippen molar-refractivity contribution in [3.8, 4) is 0 Å². The maximum atomic E-state index is 8.25. The minimum absolute atomic E-state index is 0. The van der Waals surface area contributed by atoms with Gasteiger partial charge in [0.1, 0.15) is 0 Å². The Morgan fingerprint density at radius 1 is 0.700 bits per heavy atom. The predicted molar refractivity (Wildman–Crippen MR) is 23.9 cm³/mol. The van der Waals surface area contributed by atoms with E-state index in [0.29, 0.717) is 0 Å². The second-order valence-corrected chi connectivity index (χ2v) is 0.289. The summed E-state index contributed by atoms with van der Waals surface area (Å²) in [5.74, 6) is 0. The number of hydrogen-bond acceptors (Lipinski definition) is 6. The molecule has 0 N–H and O–H groups in total. The zero-order valence-electron chi connectivity index (χ0n) is 4.76. The van der Waals surface area contributed by atoms with Crippen molar-refractivity contribution in [2.75, 3.05) is 0 Å². The van der Waals surface area contributed by atoms with E-state index in [1.807, 2.05) is 0 Å². The summed E-state index contributed by atoms with van der Waals surface area (Å²) in [7, 11) is 0. The van der Waals surface area contributed by atoms with E-state index in [4.69, 9.17) is 29.7 Å². The predicted octanol–water partition coefficient (Wildman–Crippen LogP) is -5.28. The average Bonchev–Trinajstić information content (AvgIpc) is 1.70. The quantitative estimate of drug-likeness (QED) is 0.259. The number of rotatable bonds is 0. The van der Waals surface area contributed by atoms with Gasteiger partial charge in [0, 0.05) is 36.8 Å². The molecule has 0 rings (SSSR count). The largest absolute Gasteiger partial charge is 0.554 e. The SMILES string of the molecule is O=C[O-].O=C[O-].O=C[O-].[Al]. The molecule has 7 heteroatoms. The summed E-state index contributed by atoms with van der Waals surface area (Å²) in [6.07, 6.45) is 0. The van der Waals surface area contributed by atoms with Crippen LogP contribution < -0.4 is 15.3 Å². The van der Waals surface area contributed by atoms with Crippen LogP contribution in [0, 0.1) is 0 Å². The van der Waals surface area contributed by atoms with Gasteiger partial charge in [0.25, 0.3) is 0 Å². The third kappa shape index (κ3) is 219. The van der Waals surface area contributed by atoms with Crippen molar-refractivity contribution in [2.24, 2.45) is 0 Å². The molecule has 3 radical (unpaired) electrons. The van der Waals surface area contributed by atoms with Crippen molar-refractivity contribution in [3.63, 3.8) is 0 Å². The second-order valence-electron chi connectivity index (χ2n) is 0.289. The summed E-state index contributed by atoms with van der Waals surface area (Å²) in [4.78, 5) is 24.8. The first-order valence-corrected chi connectivity index (χ1v) is 1.41. The smallest absolute Gasteiger partial charge is 0.0275 e. The molecule has 0 aliphatic rings. The summed E-state index contributed by atoms with van der Waals surface area (Å²) in [5, 5.41) is 24.8. The highest BCUT2D eigenvalue weighted by Gasteiger charge is 1.00. The monoisotopic (exact) mass is 162 g/mol. The fourth-order valence-corrected chi connectivity index (χ4v) is 0. The first kappa shape index (κ1) is 23.1. The molecular weight excluding hydrogens is 159 g/mol. The molecule has 0 fully saturated rings. The van der Waals surface area contributed by atoms with Gasteiger partial charge in [0.05, 0.1) is 0 Å². The van der Waals surface area contributed by atoms with E-state index in [1.165, 1.54) is 0 Å². The van der Waals surface area contributed by atoms with Crippen LogP contribution in [0.3, 0.4) is 0 Å². The summed E-state index contributed by atoms with van der Waals surface area (Å²) in [6.45, 7) is -1.50. The van der Waals surface area contributed by atoms with Gasteiger partial charge in [-0.25, -0.2) is 0 Å². The van der Waals surface area contributed by atoms with Crippen LogP contribution in [0.15, 0.2) is 0 Å². The molecule has 0 spiro atoms. The third-order valence-corrected chi connectivity index (χ3v) is 0. The zero-order valence-corrected chi connectivity index (χ0v) is 5.91. The first-order chi connectivity index (χ1) is 4.24. The molecule has 0 aromatic carbocycles. The Bertz CT molecular complexity index is 49.7. The van der Waals surface area contributed by atoms with E-state index in [1.54, 1.807) is 0 Å². The third-order valence-electron chi connectivity index (χ3n) is 0. The Hall–Kier alpha value is -1.06. The van der Waals surface area contributed by atoms with Crippen molar-refractivity contribution >= 4 is 36.8 Å². The van der Waals surface area contributed by atoms with Crippen molar-refractivity contribution < 1.29 is 29.7 Å². The Balaban J connectivity index is -0.0000000257. The minimum Gasteiger partial charge on any atom is -0.554 e. The number of carbonyl (C=O) groups excluding carboxylic acids is 3. The van der Waals surface area contributed by atoms with Crippen molar-refractivity contribution in [3.05, 3.63) is 0 Å². The Kier molecular flexibility index (Phi) is 234. The molecule has 0 aliphatic carbocycles. The summed E-state index contributed by atoms with van der Waals surface area (Å²) in [6, 6.07) is 0. The first-order valence-electron chi connectivity index (χ1n) is 1.41. The molecule has 10 heavy (non-hydrogen) atoms. The fraction of sp³-hybridized carbons (Fsp3) is 0. The van der Waals surface area contributed by atoms with Gasteiger partial charge < -0.3 is 29.7 Å². The van der Waals surface area contributed by atoms with Gasteiger partial charge in [-0.2, -0.15) is 0 Å². The number of carbonyl (C=O) groups is 3. The molecule has 0 heterocycles. The summed E-state index contributed by atoms with van der Waals surface area (Å²) in [5.41, 5.74) is 0. The molecule has 0 saturated heterocycles. The average molecular weight is 162 g/mol. The fourth-order valence-electron chi connectivity index (χ4n) is 0. The van der Waals surface area contributed by atoms with Gasteiger partial charge in [0.15, 0.2) is 0 Å². The van der Waals surface area contributed by atoms with Crippen LogP contribution in [0.1, 0.15) is 0 Å². The van der Waals surface area contributed by atoms with Crippen molar-refractivity contribution in [2.45, 2.75) is 0 Å². The van der Waals surface area contributed by atoms with E-state index in [-0.39, 0.29) is 17.4 Å². The molecule has 0 bridgehead atoms. The Morgan fingerprint density at radius 3 is 0.700 bits per heavy atom. The van der Waals surface area contributed by atoms with Crippen LogP contribution >= 0.6 is 0 Å². The maximum absolute atomic E-state index is 8.25. The highest BCUT2D eigenvalue weighted by Crippen LogP contribution is 0.760. The normalized spacial score (nSPS) is 3.60. The van der Waals surface area contributed by atoms with E-state index in [2.05, 4.69) is 0 Å². The van der Waals surface area contributed by atoms with Crippen LogP contribution in [-0.2, 0) is 14.4 Å². The van der Waals surface area contributed by atoms with Crippen molar-refractivity contribution in [1.29, 1.82) is 0 Å². The summed E-state index contributed by atoms with van der Waals surface area (Å²) < 4.78 is 0. The lowest BCUT2D eigenvalue weighted by molar-refractivity contribution is -0.284. The number of hydrogen-bond donors (Lipinski definition) is 0. The van der Waals surface area contributed by atoms with Crippen LogP contribution in [0.4, 0.5) is 0 Å². The van der Waals surface area contributed by atoms with E-state index < -0.39 is 19.4 Å². The van der Waals surface area contributed by atoms with Gasteiger partial charge in [0.2, 0.25) is 0 Å². The molecule has 0 saturated carbocycles. The van der Waals surface area contributed by atoms with Gasteiger partial charge in [-0.3, -0.25) is 0 Å². The van der Waals surface area contributed by atoms with Gasteiger partial charge in [-0.05, 0) is 0 Å². The lowest BCUT2D eigenvalue weighted by Crippen LogP contribution is -2.01. The molecule has 0 aromatic heterocycles. The van der Waals surface area contributed by atoms with E-state index in [9.17, 15) is 0 Å². The molecule has 57 valence electrons. The van der Waals surface area contributed by atoms with E-state index >= 15 is 0 Å². The van der Waals surface area contributed by atoms with Crippen molar-refractivity contribution in [1.82, 2.24) is 0 Å². The minimum atomic E-state index is -0.500.